The number of ether oxygens (including phenoxy) is 2. The van der Waals surface area contributed by atoms with Crippen molar-refractivity contribution < 1.29 is 22.7 Å². The van der Waals surface area contributed by atoms with Crippen molar-refractivity contribution >= 4 is 15.9 Å². The van der Waals surface area contributed by atoms with Gasteiger partial charge in [-0.05, 0) is 42.3 Å². The first kappa shape index (κ1) is 17.2. The quantitative estimate of drug-likeness (QED) is 0.808. The molecule has 132 valence electrons. The van der Waals surface area contributed by atoms with Crippen molar-refractivity contribution in [2.24, 2.45) is 0 Å². The summed E-state index contributed by atoms with van der Waals surface area (Å²) in [5.74, 6) is 0.877. The van der Waals surface area contributed by atoms with Gasteiger partial charge in [0.1, 0.15) is 0 Å². The van der Waals surface area contributed by atoms with Crippen molar-refractivity contribution in [3.05, 3.63) is 53.6 Å². The van der Waals surface area contributed by atoms with Crippen LogP contribution in [0.3, 0.4) is 0 Å². The third-order valence-corrected chi connectivity index (χ3v) is 5.05. The summed E-state index contributed by atoms with van der Waals surface area (Å²) in [5, 5.41) is 2.66. The Labute approximate surface area is 146 Å². The summed E-state index contributed by atoms with van der Waals surface area (Å²) >= 11 is 0. The number of hydrogen-bond donors (Lipinski definition) is 2. The smallest absolute Gasteiger partial charge is 0.241 e. The van der Waals surface area contributed by atoms with E-state index < -0.39 is 15.9 Å². The van der Waals surface area contributed by atoms with Gasteiger partial charge >= 0.3 is 0 Å². The molecule has 1 aliphatic heterocycles. The third-order valence-electron chi connectivity index (χ3n) is 3.65. The molecule has 0 radical (unpaired) electrons. The van der Waals surface area contributed by atoms with E-state index in [1.165, 1.54) is 6.07 Å². The number of benzene rings is 2. The van der Waals surface area contributed by atoms with E-state index in [9.17, 15) is 13.2 Å². The lowest BCUT2D eigenvalue weighted by Gasteiger charge is -2.09. The zero-order chi connectivity index (χ0) is 17.9. The molecule has 1 heterocycles. The number of carbonyl (C=O) groups is 1. The van der Waals surface area contributed by atoms with Gasteiger partial charge in [0.05, 0.1) is 11.4 Å². The number of fused-ring (bicyclic) bond motifs is 1. The minimum atomic E-state index is -3.72. The summed E-state index contributed by atoms with van der Waals surface area (Å²) in [6, 6.07) is 11.8. The van der Waals surface area contributed by atoms with Crippen LogP contribution < -0.4 is 19.5 Å². The molecule has 1 aliphatic rings. The molecule has 1 amide bonds. The lowest BCUT2D eigenvalue weighted by atomic mass is 10.2. The van der Waals surface area contributed by atoms with E-state index in [1.54, 1.807) is 37.3 Å². The highest BCUT2D eigenvalue weighted by Gasteiger charge is 2.16. The summed E-state index contributed by atoms with van der Waals surface area (Å²) in [6.07, 6.45) is 0. The van der Waals surface area contributed by atoms with Crippen LogP contribution in [0.5, 0.6) is 11.5 Å². The second kappa shape index (κ2) is 7.12. The minimum absolute atomic E-state index is 0.135. The van der Waals surface area contributed by atoms with Gasteiger partial charge < -0.3 is 14.8 Å². The molecule has 3 rings (SSSR count). The number of sulfonamides is 1. The Morgan fingerprint density at radius 1 is 1.12 bits per heavy atom. The number of hydrogen-bond acceptors (Lipinski definition) is 5. The van der Waals surface area contributed by atoms with E-state index in [-0.39, 0.29) is 24.8 Å². The predicted molar refractivity (Wildman–Crippen MR) is 90.8 cm³/mol. The van der Waals surface area contributed by atoms with Crippen LogP contribution in [0.25, 0.3) is 0 Å². The maximum atomic E-state index is 12.2. The SMILES string of the molecule is Cc1cccc(S(=O)(=O)NCC(=O)NCc2ccc3c(c2)OCO3)c1. The largest absolute Gasteiger partial charge is 0.454 e. The fraction of sp³-hybridized carbons (Fsp3) is 0.235. The first-order valence-electron chi connectivity index (χ1n) is 7.65. The average molecular weight is 362 g/mol. The second-order valence-electron chi connectivity index (χ2n) is 5.61. The van der Waals surface area contributed by atoms with E-state index in [2.05, 4.69) is 10.0 Å². The summed E-state index contributed by atoms with van der Waals surface area (Å²) < 4.78 is 37.1. The van der Waals surface area contributed by atoms with Crippen LogP contribution >= 0.6 is 0 Å². The molecule has 0 spiro atoms. The Balaban J connectivity index is 1.53. The van der Waals surface area contributed by atoms with Gasteiger partial charge in [-0.1, -0.05) is 18.2 Å². The lowest BCUT2D eigenvalue weighted by Crippen LogP contribution is -2.36. The second-order valence-corrected chi connectivity index (χ2v) is 7.37. The van der Waals surface area contributed by atoms with Gasteiger partial charge in [0.25, 0.3) is 0 Å². The fourth-order valence-electron chi connectivity index (χ4n) is 2.34. The molecule has 0 atom stereocenters. The number of aryl methyl sites for hydroxylation is 1. The van der Waals surface area contributed by atoms with Gasteiger partial charge in [0, 0.05) is 6.54 Å². The van der Waals surface area contributed by atoms with Gasteiger partial charge in [-0.25, -0.2) is 13.1 Å². The van der Waals surface area contributed by atoms with Crippen molar-refractivity contribution in [1.29, 1.82) is 0 Å². The molecule has 0 bridgehead atoms. The fourth-order valence-corrected chi connectivity index (χ4v) is 3.43. The Morgan fingerprint density at radius 3 is 2.72 bits per heavy atom. The monoisotopic (exact) mass is 362 g/mol. The Hall–Kier alpha value is -2.58. The highest BCUT2D eigenvalue weighted by atomic mass is 32.2. The number of nitrogens with one attached hydrogen (secondary N) is 2. The zero-order valence-corrected chi connectivity index (χ0v) is 14.4. The van der Waals surface area contributed by atoms with E-state index in [4.69, 9.17) is 9.47 Å². The Kier molecular flexibility index (Phi) is 4.91. The van der Waals surface area contributed by atoms with Crippen LogP contribution in [0.15, 0.2) is 47.4 Å². The maximum absolute atomic E-state index is 12.2. The highest BCUT2D eigenvalue weighted by molar-refractivity contribution is 7.89. The number of carbonyl (C=O) groups excluding carboxylic acids is 1. The predicted octanol–water partition coefficient (Wildman–Crippen LogP) is 1.32. The number of amides is 1. The van der Waals surface area contributed by atoms with Gasteiger partial charge in [-0.15, -0.1) is 0 Å². The summed E-state index contributed by atoms with van der Waals surface area (Å²) in [5.41, 5.74) is 1.66. The standard InChI is InChI=1S/C17H18N2O5S/c1-12-3-2-4-14(7-12)25(21,22)19-10-17(20)18-9-13-5-6-15-16(8-13)24-11-23-15/h2-8,19H,9-11H2,1H3,(H,18,20). The molecule has 0 aliphatic carbocycles. The molecule has 0 saturated heterocycles. The molecule has 8 heteroatoms. The zero-order valence-electron chi connectivity index (χ0n) is 13.6. The Morgan fingerprint density at radius 2 is 1.92 bits per heavy atom. The molecule has 25 heavy (non-hydrogen) atoms. The van der Waals surface area contributed by atoms with Crippen molar-refractivity contribution in [1.82, 2.24) is 10.0 Å². The van der Waals surface area contributed by atoms with Gasteiger partial charge in [0.2, 0.25) is 22.7 Å². The van der Waals surface area contributed by atoms with Crippen LogP contribution in [0.1, 0.15) is 11.1 Å². The molecule has 2 aromatic carbocycles. The molecular formula is C17H18N2O5S. The van der Waals surface area contributed by atoms with E-state index in [1.807, 2.05) is 6.07 Å². The first-order chi connectivity index (χ1) is 11.9. The molecule has 0 aromatic heterocycles. The van der Waals surface area contributed by atoms with Crippen LogP contribution in [0.2, 0.25) is 0 Å². The summed E-state index contributed by atoms with van der Waals surface area (Å²) in [4.78, 5) is 12.0. The van der Waals surface area contributed by atoms with Crippen molar-refractivity contribution in [2.45, 2.75) is 18.4 Å². The van der Waals surface area contributed by atoms with Gasteiger partial charge in [-0.3, -0.25) is 4.79 Å². The van der Waals surface area contributed by atoms with Crippen molar-refractivity contribution in [3.63, 3.8) is 0 Å². The summed E-state index contributed by atoms with van der Waals surface area (Å²) in [6.45, 7) is 1.92. The van der Waals surface area contributed by atoms with Crippen LogP contribution in [-0.4, -0.2) is 27.7 Å². The van der Waals surface area contributed by atoms with E-state index >= 15 is 0 Å². The topological polar surface area (TPSA) is 93.7 Å². The van der Waals surface area contributed by atoms with Crippen LogP contribution in [-0.2, 0) is 21.4 Å². The maximum Gasteiger partial charge on any atom is 0.241 e. The molecule has 2 aromatic rings. The minimum Gasteiger partial charge on any atom is -0.454 e. The van der Waals surface area contributed by atoms with Crippen LogP contribution in [0, 0.1) is 6.92 Å². The highest BCUT2D eigenvalue weighted by Crippen LogP contribution is 2.32. The number of rotatable bonds is 6. The normalized spacial score (nSPS) is 12.8. The molecule has 2 N–H and O–H groups in total. The first-order valence-corrected chi connectivity index (χ1v) is 9.14. The van der Waals surface area contributed by atoms with Gasteiger partial charge in [0.15, 0.2) is 11.5 Å². The van der Waals surface area contributed by atoms with Crippen LogP contribution in [0.4, 0.5) is 0 Å². The van der Waals surface area contributed by atoms with Crippen molar-refractivity contribution in [3.8, 4) is 11.5 Å². The van der Waals surface area contributed by atoms with Gasteiger partial charge in [-0.2, -0.15) is 0 Å². The lowest BCUT2D eigenvalue weighted by molar-refractivity contribution is -0.120. The molecular weight excluding hydrogens is 344 g/mol. The Bertz CT molecular complexity index is 896. The molecule has 0 unspecified atom stereocenters. The molecule has 0 fully saturated rings. The summed E-state index contributed by atoms with van der Waals surface area (Å²) in [7, 11) is -3.72. The van der Waals surface area contributed by atoms with E-state index in [0.717, 1.165) is 11.1 Å². The molecule has 7 nitrogen and oxygen atoms in total. The molecule has 0 saturated carbocycles. The van der Waals surface area contributed by atoms with E-state index in [0.29, 0.717) is 11.5 Å². The average Bonchev–Trinajstić information content (AvgIpc) is 3.06. The third kappa shape index (κ3) is 4.28. The van der Waals surface area contributed by atoms with Crippen molar-refractivity contribution in [2.75, 3.05) is 13.3 Å².